The summed E-state index contributed by atoms with van der Waals surface area (Å²) in [6.07, 6.45) is 55.6. The first-order chi connectivity index (χ1) is 45.0. The molecule has 0 fully saturated rings. The molecule has 2 unspecified atom stereocenters. The summed E-state index contributed by atoms with van der Waals surface area (Å²) in [7, 11) is -9.90. The maximum atomic E-state index is 13.1. The highest BCUT2D eigenvalue weighted by Gasteiger charge is 2.30. The third-order valence-electron chi connectivity index (χ3n) is 17.3. The molecular formula is C74H144O17P2. The van der Waals surface area contributed by atoms with Crippen LogP contribution in [0.15, 0.2) is 0 Å². The Balaban J connectivity index is 5.21. The van der Waals surface area contributed by atoms with Gasteiger partial charge in [0.25, 0.3) is 0 Å². The second-order valence-electron chi connectivity index (χ2n) is 27.2. The molecule has 0 radical (unpaired) electrons. The number of carbonyl (C=O) groups is 4. The van der Waals surface area contributed by atoms with Gasteiger partial charge in [-0.25, -0.2) is 9.13 Å². The number of hydrogen-bond donors (Lipinski definition) is 3. The Morgan fingerprint density at radius 3 is 0.731 bits per heavy atom. The van der Waals surface area contributed by atoms with E-state index >= 15 is 0 Å². The third kappa shape index (κ3) is 68.4. The lowest BCUT2D eigenvalue weighted by Crippen LogP contribution is -2.30. The number of rotatable bonds is 74. The summed E-state index contributed by atoms with van der Waals surface area (Å²) < 4.78 is 68.4. The normalized spacial score (nSPS) is 14.0. The molecule has 0 saturated carbocycles. The van der Waals surface area contributed by atoms with Crippen LogP contribution in [-0.2, 0) is 65.4 Å². The summed E-state index contributed by atoms with van der Waals surface area (Å²) in [5, 5.41) is 10.6. The van der Waals surface area contributed by atoms with Crippen molar-refractivity contribution >= 4 is 39.5 Å². The van der Waals surface area contributed by atoms with Gasteiger partial charge in [-0.3, -0.25) is 37.3 Å². The molecule has 17 nitrogen and oxygen atoms in total. The number of carbonyl (C=O) groups excluding carboxylic acids is 4. The van der Waals surface area contributed by atoms with Gasteiger partial charge >= 0.3 is 39.5 Å². The SMILES string of the molecule is CCCCCCCCCCCCCCCCCCCCC(=O)O[C@H](COC(=O)CCCCCCCCCCCCCCCCCC)COP(=O)(O)OC[C@@H](O)COP(=O)(O)OC[C@@H](COC(=O)CCCCCCCCCCC)OC(=O)CCCCCCCCCC(C)C. The van der Waals surface area contributed by atoms with Gasteiger partial charge < -0.3 is 33.8 Å². The number of phosphoric ester groups is 2. The van der Waals surface area contributed by atoms with E-state index in [0.717, 1.165) is 89.9 Å². The molecule has 0 heterocycles. The Morgan fingerprint density at radius 1 is 0.290 bits per heavy atom. The van der Waals surface area contributed by atoms with Crippen LogP contribution in [0, 0.1) is 5.92 Å². The number of esters is 4. The summed E-state index contributed by atoms with van der Waals surface area (Å²) in [5.41, 5.74) is 0. The van der Waals surface area contributed by atoms with Crippen molar-refractivity contribution in [2.75, 3.05) is 39.6 Å². The molecule has 0 bridgehead atoms. The molecule has 0 saturated heterocycles. The summed E-state index contributed by atoms with van der Waals surface area (Å²) in [6, 6.07) is 0. The summed E-state index contributed by atoms with van der Waals surface area (Å²) in [6.45, 7) is 7.20. The van der Waals surface area contributed by atoms with Crippen LogP contribution in [0.25, 0.3) is 0 Å². The van der Waals surface area contributed by atoms with Crippen molar-refractivity contribution in [2.45, 2.75) is 406 Å². The number of phosphoric acid groups is 2. The molecule has 0 aliphatic rings. The second kappa shape index (κ2) is 67.3. The fourth-order valence-corrected chi connectivity index (χ4v) is 12.9. The van der Waals surface area contributed by atoms with Crippen LogP contribution in [0.1, 0.15) is 388 Å². The summed E-state index contributed by atoms with van der Waals surface area (Å²) in [5.74, 6) is -1.42. The predicted octanol–water partition coefficient (Wildman–Crippen LogP) is 21.7. The van der Waals surface area contributed by atoms with Crippen LogP contribution in [0.4, 0.5) is 0 Å². The van der Waals surface area contributed by atoms with E-state index in [0.29, 0.717) is 31.6 Å². The molecule has 0 aliphatic carbocycles. The largest absolute Gasteiger partial charge is 0.472 e. The van der Waals surface area contributed by atoms with Crippen molar-refractivity contribution in [3.8, 4) is 0 Å². The zero-order valence-electron chi connectivity index (χ0n) is 60.4. The zero-order valence-corrected chi connectivity index (χ0v) is 62.2. The van der Waals surface area contributed by atoms with Crippen LogP contribution in [0.5, 0.6) is 0 Å². The molecular weight excluding hydrogens is 1220 g/mol. The minimum absolute atomic E-state index is 0.104. The third-order valence-corrected chi connectivity index (χ3v) is 19.2. The van der Waals surface area contributed by atoms with E-state index in [9.17, 15) is 43.2 Å². The summed E-state index contributed by atoms with van der Waals surface area (Å²) in [4.78, 5) is 72.6. The van der Waals surface area contributed by atoms with Gasteiger partial charge in [-0.2, -0.15) is 0 Å². The molecule has 19 heteroatoms. The monoisotopic (exact) mass is 1370 g/mol. The highest BCUT2D eigenvalue weighted by Crippen LogP contribution is 2.45. The maximum Gasteiger partial charge on any atom is 0.472 e. The number of aliphatic hydroxyl groups is 1. The molecule has 0 spiro atoms. The molecule has 0 aromatic carbocycles. The molecule has 0 amide bonds. The first-order valence-corrected chi connectivity index (χ1v) is 41.6. The predicted molar refractivity (Wildman–Crippen MR) is 377 cm³/mol. The Bertz CT molecular complexity index is 1790. The molecule has 0 aromatic rings. The average Bonchev–Trinajstić information content (AvgIpc) is 2.50. The first-order valence-electron chi connectivity index (χ1n) is 38.6. The van der Waals surface area contributed by atoms with Crippen molar-refractivity contribution in [3.63, 3.8) is 0 Å². The first kappa shape index (κ1) is 91.1. The number of unbranched alkanes of at least 4 members (excludes halogenated alkanes) is 46. The maximum absolute atomic E-state index is 13.1. The van der Waals surface area contributed by atoms with E-state index < -0.39 is 97.5 Å². The quantitative estimate of drug-likeness (QED) is 0.0222. The Kier molecular flexibility index (Phi) is 65.9. The Hall–Kier alpha value is -1.94. The molecule has 552 valence electrons. The van der Waals surface area contributed by atoms with E-state index in [2.05, 4.69) is 34.6 Å². The number of hydrogen-bond acceptors (Lipinski definition) is 15. The van der Waals surface area contributed by atoms with E-state index in [1.165, 1.54) is 212 Å². The molecule has 93 heavy (non-hydrogen) atoms. The smallest absolute Gasteiger partial charge is 0.462 e. The van der Waals surface area contributed by atoms with Crippen LogP contribution in [0.2, 0.25) is 0 Å². The van der Waals surface area contributed by atoms with Gasteiger partial charge in [-0.15, -0.1) is 0 Å². The molecule has 5 atom stereocenters. The van der Waals surface area contributed by atoms with Gasteiger partial charge in [0.05, 0.1) is 26.4 Å². The van der Waals surface area contributed by atoms with E-state index in [4.69, 9.17) is 37.0 Å². The minimum Gasteiger partial charge on any atom is -0.462 e. The number of ether oxygens (including phenoxy) is 4. The van der Waals surface area contributed by atoms with E-state index in [-0.39, 0.29) is 25.7 Å². The number of aliphatic hydroxyl groups excluding tert-OH is 1. The van der Waals surface area contributed by atoms with Crippen LogP contribution < -0.4 is 0 Å². The highest BCUT2D eigenvalue weighted by atomic mass is 31.2. The topological polar surface area (TPSA) is 237 Å². The fraction of sp³-hybridized carbons (Fsp3) is 0.946. The summed E-state index contributed by atoms with van der Waals surface area (Å²) >= 11 is 0. The van der Waals surface area contributed by atoms with Crippen molar-refractivity contribution in [3.05, 3.63) is 0 Å². The van der Waals surface area contributed by atoms with Crippen molar-refractivity contribution in [1.29, 1.82) is 0 Å². The van der Waals surface area contributed by atoms with Gasteiger partial charge in [0.1, 0.15) is 19.3 Å². The zero-order chi connectivity index (χ0) is 68.4. The van der Waals surface area contributed by atoms with Gasteiger partial charge in [-0.05, 0) is 31.6 Å². The van der Waals surface area contributed by atoms with Crippen molar-refractivity contribution in [1.82, 2.24) is 0 Å². The van der Waals surface area contributed by atoms with Crippen molar-refractivity contribution in [2.24, 2.45) is 5.92 Å². The van der Waals surface area contributed by atoms with Crippen molar-refractivity contribution < 1.29 is 80.2 Å². The van der Waals surface area contributed by atoms with Gasteiger partial charge in [0, 0.05) is 25.7 Å². The van der Waals surface area contributed by atoms with Gasteiger partial charge in [0.15, 0.2) is 12.2 Å². The molecule has 0 rings (SSSR count). The average molecular weight is 1370 g/mol. The second-order valence-corrected chi connectivity index (χ2v) is 30.1. The highest BCUT2D eigenvalue weighted by molar-refractivity contribution is 7.47. The van der Waals surface area contributed by atoms with Crippen LogP contribution in [0.3, 0.4) is 0 Å². The fourth-order valence-electron chi connectivity index (χ4n) is 11.4. The molecule has 3 N–H and O–H groups in total. The lowest BCUT2D eigenvalue weighted by Gasteiger charge is -2.21. The molecule has 0 aliphatic heterocycles. The van der Waals surface area contributed by atoms with Crippen LogP contribution in [-0.4, -0.2) is 96.7 Å². The standard InChI is InChI=1S/C74H144O17P2/c1-6-9-12-15-18-21-23-25-27-29-30-32-34-36-39-44-49-54-59-73(78)90-69(63-85-72(77)58-53-48-43-38-35-33-31-28-26-24-22-19-16-13-10-7-2)65-88-92(80,81)86-61-68(75)62-87-93(82,83)89-66-70(64-84-71(76)57-52-47-42-37-20-17-14-11-8-3)91-74(79)60-55-50-45-40-41-46-51-56-67(4)5/h67-70,75H,6-66H2,1-5H3,(H,80,81)(H,82,83)/t68-,69-,70-/m1/s1. The van der Waals surface area contributed by atoms with Gasteiger partial charge in [0.2, 0.25) is 0 Å². The lowest BCUT2D eigenvalue weighted by atomic mass is 10.0. The minimum atomic E-state index is -4.95. The Labute approximate surface area is 568 Å². The lowest BCUT2D eigenvalue weighted by molar-refractivity contribution is -0.161. The molecule has 0 aromatic heterocycles. The Morgan fingerprint density at radius 2 is 0.495 bits per heavy atom. The van der Waals surface area contributed by atoms with Crippen LogP contribution >= 0.6 is 15.6 Å². The van der Waals surface area contributed by atoms with E-state index in [1.807, 2.05) is 0 Å². The van der Waals surface area contributed by atoms with Gasteiger partial charge in [-0.1, -0.05) is 336 Å². The van der Waals surface area contributed by atoms with E-state index in [1.54, 1.807) is 0 Å².